The highest BCUT2D eigenvalue weighted by Crippen LogP contribution is 2.22. The van der Waals surface area contributed by atoms with Crippen LogP contribution in [0.25, 0.3) is 0 Å². The minimum Gasteiger partial charge on any atom is -0.494 e. The highest BCUT2D eigenvalue weighted by molar-refractivity contribution is 5.74. The number of ether oxygens (including phenoxy) is 3. The summed E-state index contributed by atoms with van der Waals surface area (Å²) in [4.78, 5) is 17.4. The Morgan fingerprint density at radius 2 is 1.94 bits per heavy atom. The number of carbonyl (C=O) groups excluding carboxylic acids is 1. The number of nitrogens with zero attached hydrogens (tertiary/aromatic N) is 2. The van der Waals surface area contributed by atoms with Crippen molar-refractivity contribution in [1.29, 1.82) is 0 Å². The molecule has 3 fully saturated rings. The molecular weight excluding hydrogens is 427 g/mol. The number of carbonyl (C=O) groups is 1. The van der Waals surface area contributed by atoms with Crippen LogP contribution in [0.15, 0.2) is 18.2 Å². The fourth-order valence-corrected chi connectivity index (χ4v) is 5.09. The molecule has 4 rings (SSSR count). The average molecular weight is 465 g/mol. The van der Waals surface area contributed by atoms with Gasteiger partial charge in [-0.3, -0.25) is 9.80 Å². The van der Waals surface area contributed by atoms with Gasteiger partial charge in [0, 0.05) is 63.9 Å². The van der Waals surface area contributed by atoms with E-state index in [0.717, 1.165) is 77.4 Å². The lowest BCUT2D eigenvalue weighted by Crippen LogP contribution is -2.54. The van der Waals surface area contributed by atoms with E-state index in [9.17, 15) is 9.18 Å². The molecule has 0 radical (unpaired) electrons. The molecule has 0 aromatic heterocycles. The Kier molecular flexibility index (Phi) is 8.77. The third kappa shape index (κ3) is 6.79. The molecule has 33 heavy (non-hydrogen) atoms. The first-order chi connectivity index (χ1) is 16.1. The van der Waals surface area contributed by atoms with Crippen LogP contribution in [-0.2, 0) is 16.0 Å². The van der Waals surface area contributed by atoms with Crippen LogP contribution in [0.5, 0.6) is 5.75 Å². The maximum Gasteiger partial charge on any atom is 0.315 e. The average Bonchev–Trinajstić information content (AvgIpc) is 3.36. The van der Waals surface area contributed by atoms with Crippen molar-refractivity contribution in [2.24, 2.45) is 5.92 Å². The summed E-state index contributed by atoms with van der Waals surface area (Å²) < 4.78 is 30.0. The maximum atomic E-state index is 13.9. The fourth-order valence-electron chi connectivity index (χ4n) is 5.09. The van der Waals surface area contributed by atoms with E-state index in [4.69, 9.17) is 14.2 Å². The fraction of sp³-hybridized carbons (Fsp3) is 0.708. The third-order valence-corrected chi connectivity index (χ3v) is 7.04. The van der Waals surface area contributed by atoms with Crippen LogP contribution < -0.4 is 15.4 Å². The molecule has 0 saturated carbocycles. The van der Waals surface area contributed by atoms with Gasteiger partial charge in [0.15, 0.2) is 11.6 Å². The molecule has 2 amide bonds. The minimum atomic E-state index is -0.331. The van der Waals surface area contributed by atoms with Crippen molar-refractivity contribution in [3.8, 4) is 5.75 Å². The monoisotopic (exact) mass is 464 g/mol. The van der Waals surface area contributed by atoms with E-state index in [1.165, 1.54) is 13.2 Å². The Balaban J connectivity index is 1.19. The number of hydrogen-bond donors (Lipinski definition) is 2. The van der Waals surface area contributed by atoms with Crippen LogP contribution in [0.3, 0.4) is 0 Å². The first-order valence-corrected chi connectivity index (χ1v) is 12.1. The highest BCUT2D eigenvalue weighted by Gasteiger charge is 2.32. The summed E-state index contributed by atoms with van der Waals surface area (Å²) in [6.07, 6.45) is 2.81. The highest BCUT2D eigenvalue weighted by atomic mass is 19.1. The molecule has 1 aromatic carbocycles. The summed E-state index contributed by atoms with van der Waals surface area (Å²) in [5.41, 5.74) is 0.933. The van der Waals surface area contributed by atoms with Crippen LogP contribution in [-0.4, -0.2) is 94.2 Å². The summed E-state index contributed by atoms with van der Waals surface area (Å²) in [6.45, 7) is 7.94. The lowest BCUT2D eigenvalue weighted by Gasteiger charge is -2.37. The van der Waals surface area contributed by atoms with Gasteiger partial charge in [-0.2, -0.15) is 0 Å². The van der Waals surface area contributed by atoms with E-state index < -0.39 is 0 Å². The first kappa shape index (κ1) is 24.2. The number of morpholine rings is 1. The van der Waals surface area contributed by atoms with E-state index >= 15 is 0 Å². The Bertz CT molecular complexity index is 763. The summed E-state index contributed by atoms with van der Waals surface area (Å²) in [7, 11) is 1.47. The number of urea groups is 1. The Labute approximate surface area is 195 Å². The molecule has 2 N–H and O–H groups in total. The number of piperidine rings is 1. The van der Waals surface area contributed by atoms with Crippen molar-refractivity contribution >= 4 is 6.03 Å². The van der Waals surface area contributed by atoms with E-state index in [2.05, 4.69) is 20.4 Å². The molecule has 3 aliphatic heterocycles. The lowest BCUT2D eigenvalue weighted by atomic mass is 9.97. The zero-order valence-corrected chi connectivity index (χ0v) is 19.6. The van der Waals surface area contributed by atoms with Gasteiger partial charge >= 0.3 is 6.03 Å². The molecule has 3 heterocycles. The number of likely N-dealkylation sites (tertiary alicyclic amines) is 1. The van der Waals surface area contributed by atoms with Crippen molar-refractivity contribution in [3.05, 3.63) is 29.6 Å². The topological polar surface area (TPSA) is 75.3 Å². The van der Waals surface area contributed by atoms with Crippen LogP contribution in [0.2, 0.25) is 0 Å². The molecule has 8 nitrogen and oxygen atoms in total. The Morgan fingerprint density at radius 3 is 2.61 bits per heavy atom. The summed E-state index contributed by atoms with van der Waals surface area (Å²) in [5.74, 6) is 0.390. The van der Waals surface area contributed by atoms with Crippen molar-refractivity contribution < 1.29 is 23.4 Å². The Morgan fingerprint density at radius 1 is 1.15 bits per heavy atom. The summed E-state index contributed by atoms with van der Waals surface area (Å²) in [5, 5.41) is 6.27. The molecule has 9 heteroatoms. The van der Waals surface area contributed by atoms with E-state index in [1.807, 2.05) is 6.07 Å². The van der Waals surface area contributed by atoms with Gasteiger partial charge in [-0.25, -0.2) is 9.18 Å². The van der Waals surface area contributed by atoms with E-state index in [-0.39, 0.29) is 29.7 Å². The number of benzene rings is 1. The quantitative estimate of drug-likeness (QED) is 0.612. The number of halogens is 1. The third-order valence-electron chi connectivity index (χ3n) is 7.04. The van der Waals surface area contributed by atoms with Gasteiger partial charge in [0.05, 0.1) is 26.9 Å². The number of nitrogens with one attached hydrogen (secondary N) is 2. The van der Waals surface area contributed by atoms with Gasteiger partial charge in [0.1, 0.15) is 0 Å². The molecule has 2 atom stereocenters. The minimum absolute atomic E-state index is 0.0946. The Hall–Kier alpha value is -1.94. The molecule has 3 saturated heterocycles. The molecule has 0 bridgehead atoms. The molecular formula is C24H37FN4O4. The zero-order chi connectivity index (χ0) is 23.0. The summed E-state index contributed by atoms with van der Waals surface area (Å²) >= 11 is 0. The van der Waals surface area contributed by atoms with Crippen LogP contribution >= 0.6 is 0 Å². The van der Waals surface area contributed by atoms with Gasteiger partial charge in [-0.1, -0.05) is 6.07 Å². The molecule has 0 aliphatic carbocycles. The van der Waals surface area contributed by atoms with Crippen molar-refractivity contribution in [1.82, 2.24) is 20.4 Å². The van der Waals surface area contributed by atoms with Crippen molar-refractivity contribution in [3.63, 3.8) is 0 Å². The van der Waals surface area contributed by atoms with Crippen LogP contribution in [0, 0.1) is 11.7 Å². The van der Waals surface area contributed by atoms with E-state index in [1.54, 1.807) is 6.07 Å². The van der Waals surface area contributed by atoms with Gasteiger partial charge in [-0.15, -0.1) is 0 Å². The molecule has 3 aliphatic rings. The normalized spacial score (nSPS) is 23.9. The van der Waals surface area contributed by atoms with Crippen molar-refractivity contribution in [2.75, 3.05) is 66.3 Å². The van der Waals surface area contributed by atoms with Crippen LogP contribution in [0.1, 0.15) is 24.8 Å². The second-order valence-corrected chi connectivity index (χ2v) is 9.21. The van der Waals surface area contributed by atoms with Gasteiger partial charge in [0.25, 0.3) is 0 Å². The maximum absolute atomic E-state index is 13.9. The van der Waals surface area contributed by atoms with Crippen LogP contribution in [0.4, 0.5) is 9.18 Å². The predicted molar refractivity (Wildman–Crippen MR) is 123 cm³/mol. The van der Waals surface area contributed by atoms with E-state index in [0.29, 0.717) is 19.0 Å². The second kappa shape index (κ2) is 12.0. The predicted octanol–water partition coefficient (Wildman–Crippen LogP) is 1.84. The molecule has 1 aromatic rings. The second-order valence-electron chi connectivity index (χ2n) is 9.21. The lowest BCUT2D eigenvalue weighted by molar-refractivity contribution is 0.00209. The number of amides is 2. The number of methoxy groups -OCH3 is 1. The number of rotatable bonds is 8. The van der Waals surface area contributed by atoms with Gasteiger partial charge < -0.3 is 24.8 Å². The number of hydrogen-bond acceptors (Lipinski definition) is 6. The summed E-state index contributed by atoms with van der Waals surface area (Å²) in [6, 6.07) is 5.46. The standard InChI is InChI=1S/C24H37FN4O4/c1-31-23-3-2-18(14-21(23)25)16-28-7-4-20(5-8-28)27-24(30)26-15-22(19-6-11-33-17-19)29-9-12-32-13-10-29/h2-3,14,19-20,22H,4-13,15-17H2,1H3,(H2,26,27,30). The largest absolute Gasteiger partial charge is 0.494 e. The first-order valence-electron chi connectivity index (χ1n) is 12.1. The smallest absolute Gasteiger partial charge is 0.315 e. The van der Waals surface area contributed by atoms with Gasteiger partial charge in [0.2, 0.25) is 0 Å². The molecule has 184 valence electrons. The molecule has 0 spiro atoms. The zero-order valence-electron chi connectivity index (χ0n) is 19.6. The SMILES string of the molecule is COc1ccc(CN2CCC(NC(=O)NCC(C3CCOC3)N3CCOCC3)CC2)cc1F. The van der Waals surface area contributed by atoms with Crippen molar-refractivity contribution in [2.45, 2.75) is 37.9 Å². The molecule has 2 unspecified atom stereocenters. The van der Waals surface area contributed by atoms with Gasteiger partial charge in [-0.05, 0) is 37.0 Å².